The quantitative estimate of drug-likeness (QED) is 0.782. The number of esters is 1. The van der Waals surface area contributed by atoms with Crippen molar-refractivity contribution in [1.29, 1.82) is 0 Å². The highest BCUT2D eigenvalue weighted by atomic mass is 16.5. The van der Waals surface area contributed by atoms with Crippen LogP contribution in [-0.2, 0) is 16.1 Å². The molecular formula is C16H25N3O2. The van der Waals surface area contributed by atoms with Gasteiger partial charge in [-0.15, -0.1) is 0 Å². The molecule has 2 rings (SSSR count). The molecule has 1 fully saturated rings. The van der Waals surface area contributed by atoms with E-state index in [0.717, 1.165) is 43.9 Å². The minimum Gasteiger partial charge on any atom is -0.465 e. The molecule has 1 aliphatic rings. The third-order valence-electron chi connectivity index (χ3n) is 3.65. The van der Waals surface area contributed by atoms with Crippen LogP contribution in [0.25, 0.3) is 0 Å². The second kappa shape index (κ2) is 7.98. The van der Waals surface area contributed by atoms with Crippen molar-refractivity contribution in [3.8, 4) is 0 Å². The predicted molar refractivity (Wildman–Crippen MR) is 83.1 cm³/mol. The molecular weight excluding hydrogens is 266 g/mol. The van der Waals surface area contributed by atoms with Crippen LogP contribution in [0.4, 0.5) is 5.82 Å². The second-order valence-electron chi connectivity index (χ2n) is 5.32. The van der Waals surface area contributed by atoms with Crippen LogP contribution in [0.5, 0.6) is 0 Å². The van der Waals surface area contributed by atoms with E-state index in [4.69, 9.17) is 4.74 Å². The van der Waals surface area contributed by atoms with Gasteiger partial charge < -0.3 is 10.1 Å². The molecule has 0 aliphatic carbocycles. The third-order valence-corrected chi connectivity index (χ3v) is 3.65. The molecule has 0 spiro atoms. The summed E-state index contributed by atoms with van der Waals surface area (Å²) in [5, 5.41) is 3.29. The fourth-order valence-electron chi connectivity index (χ4n) is 2.65. The molecule has 1 aliphatic heterocycles. The Morgan fingerprint density at radius 2 is 2.33 bits per heavy atom. The van der Waals surface area contributed by atoms with Gasteiger partial charge in [0.15, 0.2) is 0 Å². The molecule has 0 radical (unpaired) electrons. The number of aromatic nitrogens is 1. The van der Waals surface area contributed by atoms with E-state index in [9.17, 15) is 4.79 Å². The molecule has 0 bridgehead atoms. The van der Waals surface area contributed by atoms with Crippen molar-refractivity contribution in [2.75, 3.05) is 25.0 Å². The number of hydrogen-bond acceptors (Lipinski definition) is 5. The van der Waals surface area contributed by atoms with Crippen LogP contribution in [0, 0.1) is 0 Å². The van der Waals surface area contributed by atoms with Crippen LogP contribution in [0.1, 0.15) is 38.8 Å². The fraction of sp³-hybridized carbons (Fsp3) is 0.625. The SMILES string of the molecule is CCCNc1cccc(CN2CCCC2C(=O)OCC)n1. The van der Waals surface area contributed by atoms with Gasteiger partial charge in [-0.25, -0.2) is 4.98 Å². The topological polar surface area (TPSA) is 54.5 Å². The van der Waals surface area contributed by atoms with Gasteiger partial charge >= 0.3 is 5.97 Å². The molecule has 1 N–H and O–H groups in total. The number of carbonyl (C=O) groups is 1. The number of rotatable bonds is 7. The Kier molecular flexibility index (Phi) is 5.99. The van der Waals surface area contributed by atoms with Crippen molar-refractivity contribution in [3.05, 3.63) is 23.9 Å². The maximum Gasteiger partial charge on any atom is 0.323 e. The number of ether oxygens (including phenoxy) is 1. The van der Waals surface area contributed by atoms with Crippen molar-refractivity contribution >= 4 is 11.8 Å². The first kappa shape index (κ1) is 15.8. The Hall–Kier alpha value is -1.62. The lowest BCUT2D eigenvalue weighted by atomic mass is 10.2. The normalized spacial score (nSPS) is 18.7. The number of nitrogens with zero attached hydrogens (tertiary/aromatic N) is 2. The van der Waals surface area contributed by atoms with Crippen LogP contribution >= 0.6 is 0 Å². The monoisotopic (exact) mass is 291 g/mol. The number of anilines is 1. The van der Waals surface area contributed by atoms with Gasteiger partial charge in [0.2, 0.25) is 0 Å². The van der Waals surface area contributed by atoms with E-state index in [1.54, 1.807) is 0 Å². The average molecular weight is 291 g/mol. The summed E-state index contributed by atoms with van der Waals surface area (Å²) < 4.78 is 5.16. The number of nitrogens with one attached hydrogen (secondary N) is 1. The van der Waals surface area contributed by atoms with Crippen LogP contribution in [-0.4, -0.2) is 41.6 Å². The van der Waals surface area contributed by atoms with Gasteiger partial charge in [0.1, 0.15) is 11.9 Å². The zero-order valence-electron chi connectivity index (χ0n) is 13.0. The Morgan fingerprint density at radius 1 is 1.48 bits per heavy atom. The van der Waals surface area contributed by atoms with Crippen molar-refractivity contribution in [1.82, 2.24) is 9.88 Å². The minimum absolute atomic E-state index is 0.102. The molecule has 1 saturated heterocycles. The van der Waals surface area contributed by atoms with Gasteiger partial charge in [0.05, 0.1) is 12.3 Å². The Morgan fingerprint density at radius 3 is 3.10 bits per heavy atom. The van der Waals surface area contributed by atoms with Crippen molar-refractivity contribution < 1.29 is 9.53 Å². The standard InChI is InChI=1S/C16H25N3O2/c1-3-10-17-15-9-5-7-13(18-15)12-19-11-6-8-14(19)16(20)21-4-2/h5,7,9,14H,3-4,6,8,10-12H2,1-2H3,(H,17,18). The smallest absolute Gasteiger partial charge is 0.323 e. The average Bonchev–Trinajstić information content (AvgIpc) is 2.94. The maximum atomic E-state index is 12.0. The van der Waals surface area contributed by atoms with Crippen LogP contribution < -0.4 is 5.32 Å². The largest absolute Gasteiger partial charge is 0.465 e. The van der Waals surface area contributed by atoms with E-state index in [2.05, 4.69) is 22.1 Å². The summed E-state index contributed by atoms with van der Waals surface area (Å²) in [6.07, 6.45) is 2.99. The van der Waals surface area contributed by atoms with Gasteiger partial charge in [-0.3, -0.25) is 9.69 Å². The zero-order chi connectivity index (χ0) is 15.1. The predicted octanol–water partition coefficient (Wildman–Crippen LogP) is 2.43. The highest BCUT2D eigenvalue weighted by Gasteiger charge is 2.31. The van der Waals surface area contributed by atoms with E-state index >= 15 is 0 Å². The molecule has 0 saturated carbocycles. The number of likely N-dealkylation sites (tertiary alicyclic amines) is 1. The van der Waals surface area contributed by atoms with E-state index in [1.807, 2.05) is 25.1 Å². The summed E-state index contributed by atoms with van der Waals surface area (Å²) in [5.74, 6) is 0.802. The molecule has 1 atom stereocenters. The molecule has 2 heterocycles. The van der Waals surface area contributed by atoms with E-state index in [1.165, 1.54) is 0 Å². The summed E-state index contributed by atoms with van der Waals surface area (Å²) in [6, 6.07) is 5.89. The van der Waals surface area contributed by atoms with Crippen molar-refractivity contribution in [2.45, 2.75) is 45.7 Å². The fourth-order valence-corrected chi connectivity index (χ4v) is 2.65. The van der Waals surface area contributed by atoms with Gasteiger partial charge in [0, 0.05) is 13.1 Å². The molecule has 1 aromatic rings. The molecule has 1 unspecified atom stereocenters. The molecule has 0 amide bonds. The zero-order valence-corrected chi connectivity index (χ0v) is 13.0. The Balaban J connectivity index is 1.98. The Bertz CT molecular complexity index is 465. The van der Waals surface area contributed by atoms with Gasteiger partial charge in [0.25, 0.3) is 0 Å². The highest BCUT2D eigenvalue weighted by molar-refractivity contribution is 5.76. The summed E-state index contributed by atoms with van der Waals surface area (Å²) in [6.45, 7) is 6.97. The van der Waals surface area contributed by atoms with E-state index < -0.39 is 0 Å². The molecule has 5 nitrogen and oxygen atoms in total. The lowest BCUT2D eigenvalue weighted by molar-refractivity contribution is -0.148. The van der Waals surface area contributed by atoms with E-state index in [-0.39, 0.29) is 12.0 Å². The van der Waals surface area contributed by atoms with E-state index in [0.29, 0.717) is 13.2 Å². The maximum absolute atomic E-state index is 12.0. The number of pyridine rings is 1. The van der Waals surface area contributed by atoms with Gasteiger partial charge in [-0.05, 0) is 44.9 Å². The van der Waals surface area contributed by atoms with Crippen LogP contribution in [0.3, 0.4) is 0 Å². The van der Waals surface area contributed by atoms with Gasteiger partial charge in [-0.1, -0.05) is 13.0 Å². The summed E-state index contributed by atoms with van der Waals surface area (Å²) in [5.41, 5.74) is 0.993. The molecule has 1 aromatic heterocycles. The third kappa shape index (κ3) is 4.43. The Labute approximate surface area is 126 Å². The summed E-state index contributed by atoms with van der Waals surface area (Å²) >= 11 is 0. The molecule has 116 valence electrons. The first-order valence-electron chi connectivity index (χ1n) is 7.85. The molecule has 0 aromatic carbocycles. The molecule has 21 heavy (non-hydrogen) atoms. The molecule has 5 heteroatoms. The van der Waals surface area contributed by atoms with Crippen molar-refractivity contribution in [3.63, 3.8) is 0 Å². The lowest BCUT2D eigenvalue weighted by Gasteiger charge is -2.22. The number of carbonyl (C=O) groups excluding carboxylic acids is 1. The first-order valence-corrected chi connectivity index (χ1v) is 7.85. The second-order valence-corrected chi connectivity index (χ2v) is 5.32. The van der Waals surface area contributed by atoms with Crippen molar-refractivity contribution in [2.24, 2.45) is 0 Å². The highest BCUT2D eigenvalue weighted by Crippen LogP contribution is 2.21. The summed E-state index contributed by atoms with van der Waals surface area (Å²) in [7, 11) is 0. The minimum atomic E-state index is -0.112. The summed E-state index contributed by atoms with van der Waals surface area (Å²) in [4.78, 5) is 18.7. The first-order chi connectivity index (χ1) is 10.2. The van der Waals surface area contributed by atoms with Crippen LogP contribution in [0.2, 0.25) is 0 Å². The number of hydrogen-bond donors (Lipinski definition) is 1. The lowest BCUT2D eigenvalue weighted by Crippen LogP contribution is -2.37. The van der Waals surface area contributed by atoms with Gasteiger partial charge in [-0.2, -0.15) is 0 Å². The van der Waals surface area contributed by atoms with Crippen LogP contribution in [0.15, 0.2) is 18.2 Å².